The van der Waals surface area contributed by atoms with Gasteiger partial charge in [0.25, 0.3) is 5.91 Å². The van der Waals surface area contributed by atoms with E-state index in [2.05, 4.69) is 10.7 Å². The standard InChI is InChI=1S/C25H23N3O4/c1-31-20-14-12-18(13-15-20)24(29)26-22-23(17-8-4-3-5-9-17)28(27-25(22)30)16-19-10-6-7-11-21(19)32-2/h3-16,22-23H,1-2H3,(H-,26,27,29,30)/p+1/b28-16-/t22-,23-/m1/s1. The highest BCUT2D eigenvalue weighted by Crippen LogP contribution is 2.26. The third-order valence-corrected chi connectivity index (χ3v) is 5.33. The summed E-state index contributed by atoms with van der Waals surface area (Å²) in [5, 5.41) is 2.89. The van der Waals surface area contributed by atoms with Crippen molar-refractivity contribution in [3.63, 3.8) is 0 Å². The molecule has 0 aromatic heterocycles. The van der Waals surface area contributed by atoms with E-state index in [1.165, 1.54) is 0 Å². The molecule has 1 fully saturated rings. The van der Waals surface area contributed by atoms with E-state index in [1.54, 1.807) is 43.2 Å². The fraction of sp³-hybridized carbons (Fsp3) is 0.160. The number of nitrogens with one attached hydrogen (secondary N) is 2. The molecule has 0 radical (unpaired) electrons. The molecule has 0 saturated carbocycles. The number of hydrazine groups is 1. The molecule has 1 heterocycles. The van der Waals surface area contributed by atoms with Crippen LogP contribution in [-0.4, -0.2) is 43.0 Å². The van der Waals surface area contributed by atoms with Crippen molar-refractivity contribution in [3.05, 3.63) is 95.6 Å². The Bertz CT molecular complexity index is 1140. The number of benzene rings is 3. The van der Waals surface area contributed by atoms with Gasteiger partial charge in [-0.05, 0) is 36.4 Å². The molecule has 1 aliphatic rings. The summed E-state index contributed by atoms with van der Waals surface area (Å²) >= 11 is 0. The van der Waals surface area contributed by atoms with Gasteiger partial charge < -0.3 is 14.8 Å². The third-order valence-electron chi connectivity index (χ3n) is 5.33. The molecule has 7 heteroatoms. The van der Waals surface area contributed by atoms with Gasteiger partial charge >= 0.3 is 5.91 Å². The minimum atomic E-state index is -0.794. The number of ether oxygens (including phenoxy) is 2. The van der Waals surface area contributed by atoms with Crippen molar-refractivity contribution in [3.8, 4) is 11.5 Å². The fourth-order valence-corrected chi connectivity index (χ4v) is 3.72. The van der Waals surface area contributed by atoms with E-state index in [1.807, 2.05) is 60.8 Å². The smallest absolute Gasteiger partial charge is 0.304 e. The number of hydrazone groups is 1. The molecule has 32 heavy (non-hydrogen) atoms. The Morgan fingerprint density at radius 3 is 2.31 bits per heavy atom. The molecular weight excluding hydrogens is 406 g/mol. The van der Waals surface area contributed by atoms with Crippen LogP contribution in [0, 0.1) is 0 Å². The number of hydrogen-bond acceptors (Lipinski definition) is 4. The van der Waals surface area contributed by atoms with Gasteiger partial charge in [0.2, 0.25) is 12.3 Å². The number of nitrogens with zero attached hydrogens (tertiary/aromatic N) is 1. The summed E-state index contributed by atoms with van der Waals surface area (Å²) in [4.78, 5) is 25.8. The minimum absolute atomic E-state index is 0.299. The van der Waals surface area contributed by atoms with Gasteiger partial charge in [0.15, 0.2) is 6.04 Å². The Kier molecular flexibility index (Phi) is 6.17. The highest BCUT2D eigenvalue weighted by Gasteiger charge is 2.47. The lowest BCUT2D eigenvalue weighted by atomic mass is 10.00. The zero-order chi connectivity index (χ0) is 22.5. The SMILES string of the molecule is COc1ccc(C(=O)N[C@H]2C(=O)N/[N+](=C\c3ccccc3OC)[C@@H]2c2ccccc2)cc1. The van der Waals surface area contributed by atoms with Crippen molar-refractivity contribution in [1.82, 2.24) is 10.7 Å². The molecule has 2 amide bonds. The summed E-state index contributed by atoms with van der Waals surface area (Å²) < 4.78 is 12.3. The van der Waals surface area contributed by atoms with Crippen molar-refractivity contribution in [2.45, 2.75) is 12.1 Å². The van der Waals surface area contributed by atoms with Gasteiger partial charge in [-0.25, -0.2) is 0 Å². The van der Waals surface area contributed by atoms with Crippen LogP contribution in [0.1, 0.15) is 27.5 Å². The zero-order valence-corrected chi connectivity index (χ0v) is 17.8. The van der Waals surface area contributed by atoms with E-state index in [9.17, 15) is 9.59 Å². The largest absolute Gasteiger partial charge is 0.497 e. The normalized spacial score (nSPS) is 18.8. The van der Waals surface area contributed by atoms with Gasteiger partial charge in [0.1, 0.15) is 11.5 Å². The van der Waals surface area contributed by atoms with Crippen molar-refractivity contribution in [1.29, 1.82) is 0 Å². The maximum atomic E-state index is 12.9. The maximum Gasteiger partial charge on any atom is 0.304 e. The van der Waals surface area contributed by atoms with E-state index in [0.717, 1.165) is 11.1 Å². The van der Waals surface area contributed by atoms with Crippen molar-refractivity contribution in [2.24, 2.45) is 0 Å². The summed E-state index contributed by atoms with van der Waals surface area (Å²) in [6.07, 6.45) is 1.81. The molecule has 0 aliphatic carbocycles. The lowest BCUT2D eigenvalue weighted by molar-refractivity contribution is -0.596. The first kappa shape index (κ1) is 21.1. The van der Waals surface area contributed by atoms with E-state index < -0.39 is 12.1 Å². The summed E-state index contributed by atoms with van der Waals surface area (Å²) in [7, 11) is 3.16. The Balaban J connectivity index is 1.68. The first-order valence-electron chi connectivity index (χ1n) is 10.2. The third kappa shape index (κ3) is 4.32. The number of para-hydroxylation sites is 1. The van der Waals surface area contributed by atoms with E-state index >= 15 is 0 Å². The molecule has 0 spiro atoms. The van der Waals surface area contributed by atoms with E-state index in [-0.39, 0.29) is 11.8 Å². The van der Waals surface area contributed by atoms with Crippen molar-refractivity contribution in [2.75, 3.05) is 14.2 Å². The predicted molar refractivity (Wildman–Crippen MR) is 120 cm³/mol. The Morgan fingerprint density at radius 1 is 0.938 bits per heavy atom. The lowest BCUT2D eigenvalue weighted by Gasteiger charge is -2.15. The zero-order valence-electron chi connectivity index (χ0n) is 17.8. The van der Waals surface area contributed by atoms with Crippen LogP contribution < -0.4 is 20.2 Å². The average Bonchev–Trinajstić information content (AvgIpc) is 3.14. The Morgan fingerprint density at radius 2 is 1.62 bits per heavy atom. The van der Waals surface area contributed by atoms with Gasteiger partial charge in [0, 0.05) is 11.1 Å². The van der Waals surface area contributed by atoms with Gasteiger partial charge in [-0.2, -0.15) is 0 Å². The van der Waals surface area contributed by atoms with Gasteiger partial charge in [-0.1, -0.05) is 42.5 Å². The minimum Gasteiger partial charge on any atom is -0.497 e. The molecular formula is C25H24N3O4+. The second-order valence-corrected chi connectivity index (χ2v) is 7.29. The van der Waals surface area contributed by atoms with Crippen LogP contribution in [0.15, 0.2) is 78.9 Å². The molecule has 3 aromatic carbocycles. The predicted octanol–water partition coefficient (Wildman–Crippen LogP) is 2.72. The second kappa shape index (κ2) is 9.34. The van der Waals surface area contributed by atoms with Crippen LogP contribution in [0.5, 0.6) is 11.5 Å². The molecule has 1 aliphatic heterocycles. The fourth-order valence-electron chi connectivity index (χ4n) is 3.72. The highest BCUT2D eigenvalue weighted by molar-refractivity contribution is 5.98. The van der Waals surface area contributed by atoms with Gasteiger partial charge in [-0.15, -0.1) is 10.1 Å². The van der Waals surface area contributed by atoms with E-state index in [0.29, 0.717) is 17.1 Å². The Hall–Kier alpha value is -4.13. The van der Waals surface area contributed by atoms with Gasteiger partial charge in [0.05, 0.1) is 19.8 Å². The molecule has 1 saturated heterocycles. The number of hydrogen-bond donors (Lipinski definition) is 2. The molecule has 2 N–H and O–H groups in total. The van der Waals surface area contributed by atoms with Crippen LogP contribution in [0.4, 0.5) is 0 Å². The number of methoxy groups -OCH3 is 2. The number of carbonyl (C=O) groups is 2. The van der Waals surface area contributed by atoms with Crippen molar-refractivity contribution >= 4 is 18.0 Å². The monoisotopic (exact) mass is 430 g/mol. The number of rotatable bonds is 6. The van der Waals surface area contributed by atoms with Crippen LogP contribution in [-0.2, 0) is 4.79 Å². The lowest BCUT2D eigenvalue weighted by Crippen LogP contribution is -2.42. The average molecular weight is 430 g/mol. The van der Waals surface area contributed by atoms with Gasteiger partial charge in [-0.3, -0.25) is 9.59 Å². The summed E-state index contributed by atoms with van der Waals surface area (Å²) in [5.41, 5.74) is 5.01. The number of amides is 2. The maximum absolute atomic E-state index is 12.9. The quantitative estimate of drug-likeness (QED) is 0.590. The second-order valence-electron chi connectivity index (χ2n) is 7.29. The van der Waals surface area contributed by atoms with Crippen LogP contribution in [0.25, 0.3) is 0 Å². The molecule has 7 nitrogen and oxygen atoms in total. The summed E-state index contributed by atoms with van der Waals surface area (Å²) in [6, 6.07) is 22.6. The first-order valence-corrected chi connectivity index (χ1v) is 10.2. The highest BCUT2D eigenvalue weighted by atomic mass is 16.5. The molecule has 2 atom stereocenters. The molecule has 4 rings (SSSR count). The number of carbonyl (C=O) groups excluding carboxylic acids is 2. The first-order chi connectivity index (χ1) is 15.6. The van der Waals surface area contributed by atoms with E-state index in [4.69, 9.17) is 9.47 Å². The summed E-state index contributed by atoms with van der Waals surface area (Å²) in [6.45, 7) is 0. The molecule has 0 bridgehead atoms. The van der Waals surface area contributed by atoms with Crippen LogP contribution >= 0.6 is 0 Å². The van der Waals surface area contributed by atoms with Crippen LogP contribution in [0.3, 0.4) is 0 Å². The Labute approximate surface area is 186 Å². The van der Waals surface area contributed by atoms with Crippen molar-refractivity contribution < 1.29 is 23.7 Å². The van der Waals surface area contributed by atoms with Crippen LogP contribution in [0.2, 0.25) is 0 Å². The molecule has 0 unspecified atom stereocenters. The molecule has 162 valence electrons. The molecule has 3 aromatic rings. The topological polar surface area (TPSA) is 79.7 Å². The summed E-state index contributed by atoms with van der Waals surface area (Å²) in [5.74, 6) is 0.693.